The van der Waals surface area contributed by atoms with Crippen LogP contribution in [0.3, 0.4) is 0 Å². The van der Waals surface area contributed by atoms with Gasteiger partial charge in [-0.3, -0.25) is 4.79 Å². The predicted molar refractivity (Wildman–Crippen MR) is 108 cm³/mol. The van der Waals surface area contributed by atoms with Crippen molar-refractivity contribution in [1.29, 1.82) is 0 Å². The molecule has 1 amide bonds. The molecule has 4 heterocycles. The highest BCUT2D eigenvalue weighted by Gasteiger charge is 2.34. The molecule has 0 radical (unpaired) electrons. The molecule has 2 aliphatic heterocycles. The summed E-state index contributed by atoms with van der Waals surface area (Å²) in [4.78, 5) is 23.3. The molecule has 2 aliphatic rings. The third-order valence-electron chi connectivity index (χ3n) is 5.98. The van der Waals surface area contributed by atoms with Crippen LogP contribution in [0.15, 0.2) is 30.5 Å². The summed E-state index contributed by atoms with van der Waals surface area (Å²) in [5.74, 6) is 0.00919. The Bertz CT molecular complexity index is 1250. The summed E-state index contributed by atoms with van der Waals surface area (Å²) >= 11 is 0. The number of aromatic nitrogens is 2. The standard InChI is InChI=1S/C22H19F3N4O3/c1-29(19-10-31-7-11-4-12(22(23,24)25)2-3-13(11)19)21(30)17-5-14-15-8-32-9-16(15)20(26)28-18(14)6-27-17/h2-6,19H,7-10H2,1H3,(H2,26,28)/t19-/m1/s1. The Balaban J connectivity index is 1.48. The van der Waals surface area contributed by atoms with E-state index in [0.29, 0.717) is 35.7 Å². The number of hydrogen-bond donors (Lipinski definition) is 1. The average molecular weight is 444 g/mol. The van der Waals surface area contributed by atoms with E-state index >= 15 is 0 Å². The number of nitrogens with two attached hydrogens (primary N) is 1. The van der Waals surface area contributed by atoms with E-state index < -0.39 is 17.8 Å². The zero-order valence-corrected chi connectivity index (χ0v) is 17.1. The summed E-state index contributed by atoms with van der Waals surface area (Å²) < 4.78 is 50.2. The molecule has 2 aromatic heterocycles. The SMILES string of the molecule is CN(C(=O)c1cc2c3c(c(N)nc2cn1)COC3)[C@@H]1COCc2cc(C(F)(F)F)ccc21. The molecular formula is C22H19F3N4O3. The number of amides is 1. The van der Waals surface area contributed by atoms with Crippen molar-refractivity contribution in [3.05, 3.63) is 64.0 Å². The molecule has 3 aromatic rings. The van der Waals surface area contributed by atoms with E-state index in [4.69, 9.17) is 15.2 Å². The number of carbonyl (C=O) groups is 1. The number of ether oxygens (including phenoxy) is 2. The Morgan fingerprint density at radius 2 is 1.94 bits per heavy atom. The van der Waals surface area contributed by atoms with Gasteiger partial charge in [0.15, 0.2) is 0 Å². The summed E-state index contributed by atoms with van der Waals surface area (Å²) in [5.41, 5.74) is 8.75. The van der Waals surface area contributed by atoms with Crippen molar-refractivity contribution in [2.45, 2.75) is 32.0 Å². The van der Waals surface area contributed by atoms with Crippen LogP contribution < -0.4 is 5.73 Å². The highest BCUT2D eigenvalue weighted by molar-refractivity contribution is 5.97. The van der Waals surface area contributed by atoms with Crippen molar-refractivity contribution in [2.75, 3.05) is 19.4 Å². The van der Waals surface area contributed by atoms with Crippen molar-refractivity contribution >= 4 is 22.6 Å². The molecule has 0 aliphatic carbocycles. The molecule has 0 unspecified atom stereocenters. The Hall–Kier alpha value is -3.24. The highest BCUT2D eigenvalue weighted by Crippen LogP contribution is 2.36. The number of alkyl halides is 3. The number of anilines is 1. The molecule has 32 heavy (non-hydrogen) atoms. The predicted octanol–water partition coefficient (Wildman–Crippen LogP) is 3.60. The minimum absolute atomic E-state index is 0.0608. The Morgan fingerprint density at radius 1 is 1.16 bits per heavy atom. The van der Waals surface area contributed by atoms with Gasteiger partial charge in [0.2, 0.25) is 0 Å². The normalized spacial score (nSPS) is 17.8. The molecule has 0 saturated heterocycles. The third kappa shape index (κ3) is 3.35. The molecule has 1 aromatic carbocycles. The first kappa shape index (κ1) is 20.7. The first-order valence-corrected chi connectivity index (χ1v) is 9.93. The van der Waals surface area contributed by atoms with Gasteiger partial charge < -0.3 is 20.1 Å². The minimum Gasteiger partial charge on any atom is -0.383 e. The van der Waals surface area contributed by atoms with Crippen molar-refractivity contribution in [2.24, 2.45) is 0 Å². The molecule has 7 nitrogen and oxygen atoms in total. The summed E-state index contributed by atoms with van der Waals surface area (Å²) in [6.45, 7) is 0.976. The maximum atomic E-state index is 13.2. The summed E-state index contributed by atoms with van der Waals surface area (Å²) in [6, 6.07) is 4.65. The largest absolute Gasteiger partial charge is 0.416 e. The van der Waals surface area contributed by atoms with E-state index in [9.17, 15) is 18.0 Å². The van der Waals surface area contributed by atoms with E-state index in [1.807, 2.05) is 0 Å². The number of fused-ring (bicyclic) bond motifs is 4. The van der Waals surface area contributed by atoms with Gasteiger partial charge in [-0.15, -0.1) is 0 Å². The Labute approximate surface area is 181 Å². The molecule has 2 N–H and O–H groups in total. The zero-order valence-electron chi connectivity index (χ0n) is 17.1. The van der Waals surface area contributed by atoms with Gasteiger partial charge in [0.25, 0.3) is 5.91 Å². The topological polar surface area (TPSA) is 90.6 Å². The lowest BCUT2D eigenvalue weighted by atomic mass is 9.95. The van der Waals surface area contributed by atoms with Gasteiger partial charge in [-0.25, -0.2) is 9.97 Å². The second-order valence-electron chi connectivity index (χ2n) is 7.89. The van der Waals surface area contributed by atoms with Gasteiger partial charge in [0, 0.05) is 18.0 Å². The number of benzene rings is 1. The molecule has 0 spiro atoms. The fourth-order valence-corrected chi connectivity index (χ4v) is 4.24. The van der Waals surface area contributed by atoms with Crippen molar-refractivity contribution in [3.63, 3.8) is 0 Å². The molecule has 166 valence electrons. The van der Waals surface area contributed by atoms with Gasteiger partial charge in [-0.05, 0) is 34.9 Å². The van der Waals surface area contributed by atoms with Crippen molar-refractivity contribution < 1.29 is 27.4 Å². The summed E-state index contributed by atoms with van der Waals surface area (Å²) in [5, 5.41) is 0.744. The quantitative estimate of drug-likeness (QED) is 0.650. The number of rotatable bonds is 2. The summed E-state index contributed by atoms with van der Waals surface area (Å²) in [7, 11) is 1.59. The molecule has 10 heteroatoms. The number of nitrogens with zero attached hydrogens (tertiary/aromatic N) is 3. The van der Waals surface area contributed by atoms with E-state index in [1.165, 1.54) is 17.2 Å². The number of likely N-dealkylation sites (N-methyl/N-ethyl adjacent to an activating group) is 1. The van der Waals surface area contributed by atoms with E-state index in [2.05, 4.69) is 9.97 Å². The molecule has 1 atom stereocenters. The lowest BCUT2D eigenvalue weighted by molar-refractivity contribution is -0.137. The highest BCUT2D eigenvalue weighted by atomic mass is 19.4. The van der Waals surface area contributed by atoms with E-state index in [0.717, 1.165) is 28.6 Å². The molecule has 0 bridgehead atoms. The number of carbonyl (C=O) groups excluding carboxylic acids is 1. The summed E-state index contributed by atoms with van der Waals surface area (Å²) in [6.07, 6.45) is -2.95. The molecule has 5 rings (SSSR count). The molecular weight excluding hydrogens is 425 g/mol. The number of halogens is 3. The fourth-order valence-electron chi connectivity index (χ4n) is 4.24. The number of hydrogen-bond acceptors (Lipinski definition) is 6. The van der Waals surface area contributed by atoms with Gasteiger partial charge in [0.05, 0.1) is 49.7 Å². The maximum Gasteiger partial charge on any atom is 0.416 e. The van der Waals surface area contributed by atoms with E-state index in [-0.39, 0.29) is 24.8 Å². The zero-order chi connectivity index (χ0) is 22.6. The second kappa shape index (κ2) is 7.42. The Morgan fingerprint density at radius 3 is 2.72 bits per heavy atom. The number of pyridine rings is 2. The van der Waals surface area contributed by atoms with Crippen LogP contribution in [0.25, 0.3) is 10.9 Å². The van der Waals surface area contributed by atoms with Gasteiger partial charge in [-0.1, -0.05) is 6.07 Å². The maximum absolute atomic E-state index is 13.2. The van der Waals surface area contributed by atoms with Crippen LogP contribution in [0.2, 0.25) is 0 Å². The third-order valence-corrected chi connectivity index (χ3v) is 5.98. The first-order valence-electron chi connectivity index (χ1n) is 9.93. The monoisotopic (exact) mass is 444 g/mol. The van der Waals surface area contributed by atoms with Crippen LogP contribution in [-0.4, -0.2) is 34.4 Å². The second-order valence-corrected chi connectivity index (χ2v) is 7.89. The van der Waals surface area contributed by atoms with E-state index in [1.54, 1.807) is 13.1 Å². The first-order chi connectivity index (χ1) is 15.2. The molecule has 0 saturated carbocycles. The van der Waals surface area contributed by atoms with Crippen molar-refractivity contribution in [3.8, 4) is 0 Å². The number of nitrogen functional groups attached to an aromatic ring is 1. The smallest absolute Gasteiger partial charge is 0.383 e. The van der Waals surface area contributed by atoms with Crippen LogP contribution >= 0.6 is 0 Å². The van der Waals surface area contributed by atoms with Crippen LogP contribution in [0, 0.1) is 0 Å². The van der Waals surface area contributed by atoms with Crippen LogP contribution in [-0.2, 0) is 35.5 Å². The average Bonchev–Trinajstić information content (AvgIpc) is 3.28. The molecule has 0 fully saturated rings. The van der Waals surface area contributed by atoms with Gasteiger partial charge in [-0.2, -0.15) is 13.2 Å². The Kier molecular flexibility index (Phi) is 4.79. The van der Waals surface area contributed by atoms with Crippen LogP contribution in [0.1, 0.15) is 44.3 Å². The van der Waals surface area contributed by atoms with Gasteiger partial charge >= 0.3 is 6.18 Å². The fraction of sp³-hybridized carbons (Fsp3) is 0.318. The van der Waals surface area contributed by atoms with Crippen LogP contribution in [0.5, 0.6) is 0 Å². The minimum atomic E-state index is -4.44. The van der Waals surface area contributed by atoms with Gasteiger partial charge in [0.1, 0.15) is 11.5 Å². The van der Waals surface area contributed by atoms with Crippen molar-refractivity contribution in [1.82, 2.24) is 14.9 Å². The lowest BCUT2D eigenvalue weighted by Crippen LogP contribution is -2.36. The van der Waals surface area contributed by atoms with Crippen LogP contribution in [0.4, 0.5) is 19.0 Å². The lowest BCUT2D eigenvalue weighted by Gasteiger charge is -2.33.